The number of hydrogen-bond donors (Lipinski definition) is 1. The molecule has 1 aromatic carbocycles. The second-order valence-electron chi connectivity index (χ2n) is 5.29. The summed E-state index contributed by atoms with van der Waals surface area (Å²) in [5.74, 6) is 0. The molecule has 0 bridgehead atoms. The van der Waals surface area contributed by atoms with E-state index in [1.54, 1.807) is 0 Å². The van der Waals surface area contributed by atoms with Crippen LogP contribution in [0.3, 0.4) is 0 Å². The van der Waals surface area contributed by atoms with Crippen molar-refractivity contribution in [1.29, 1.82) is 0 Å². The summed E-state index contributed by atoms with van der Waals surface area (Å²) in [5, 5.41) is 1.34. The van der Waals surface area contributed by atoms with E-state index in [0.29, 0.717) is 0 Å². The van der Waals surface area contributed by atoms with Gasteiger partial charge in [0.05, 0.1) is 0 Å². The van der Waals surface area contributed by atoms with Gasteiger partial charge >= 0.3 is 0 Å². The third-order valence-electron chi connectivity index (χ3n) is 3.77. The maximum atomic E-state index is 6.12. The monoisotopic (exact) mass is 274 g/mol. The first kappa shape index (κ1) is 15.1. The molecule has 3 heteroatoms. The number of nitrogens with zero attached hydrogens (tertiary/aromatic N) is 1. The summed E-state index contributed by atoms with van der Waals surface area (Å²) in [6.45, 7) is 6.80. The molecule has 110 valence electrons. The van der Waals surface area contributed by atoms with Gasteiger partial charge in [-0.15, -0.1) is 0 Å². The lowest BCUT2D eigenvalue weighted by Crippen LogP contribution is -2.21. The highest BCUT2D eigenvalue weighted by Crippen LogP contribution is 2.23. The van der Waals surface area contributed by atoms with E-state index in [4.69, 9.17) is 10.5 Å². The third kappa shape index (κ3) is 3.62. The van der Waals surface area contributed by atoms with Crippen LogP contribution in [0.15, 0.2) is 30.5 Å². The van der Waals surface area contributed by atoms with Gasteiger partial charge < -0.3 is 15.0 Å². The molecule has 0 aliphatic rings. The molecule has 0 saturated heterocycles. The number of benzene rings is 1. The van der Waals surface area contributed by atoms with Crippen molar-refractivity contribution in [2.24, 2.45) is 5.73 Å². The predicted molar refractivity (Wildman–Crippen MR) is 85.0 cm³/mol. The minimum Gasteiger partial charge on any atom is -0.382 e. The van der Waals surface area contributed by atoms with Crippen LogP contribution in [-0.2, 0) is 17.7 Å². The Bertz CT molecular complexity index is 533. The third-order valence-corrected chi connectivity index (χ3v) is 3.77. The number of ether oxygens (including phenoxy) is 1. The number of aromatic nitrogens is 1. The normalized spacial score (nSPS) is 12.9. The molecule has 0 amide bonds. The van der Waals surface area contributed by atoms with Crippen LogP contribution >= 0.6 is 0 Å². The predicted octanol–water partition coefficient (Wildman–Crippen LogP) is 3.35. The number of aryl methyl sites for hydroxylation is 1. The second kappa shape index (κ2) is 7.46. The summed E-state index contributed by atoms with van der Waals surface area (Å²) < 4.78 is 7.76. The van der Waals surface area contributed by atoms with E-state index in [0.717, 1.165) is 39.0 Å². The lowest BCUT2D eigenvalue weighted by molar-refractivity contribution is 0.142. The van der Waals surface area contributed by atoms with Crippen molar-refractivity contribution >= 4 is 10.9 Å². The lowest BCUT2D eigenvalue weighted by Gasteiger charge is -2.07. The molecule has 3 nitrogen and oxygen atoms in total. The molecular weight excluding hydrogens is 248 g/mol. The van der Waals surface area contributed by atoms with E-state index < -0.39 is 0 Å². The zero-order chi connectivity index (χ0) is 14.4. The molecule has 1 atom stereocenters. The number of rotatable bonds is 8. The molecule has 2 N–H and O–H groups in total. The number of para-hydroxylation sites is 1. The Morgan fingerprint density at radius 1 is 1.25 bits per heavy atom. The first-order valence-electron chi connectivity index (χ1n) is 7.66. The summed E-state index contributed by atoms with van der Waals surface area (Å²) in [6.07, 6.45) is 5.29. The van der Waals surface area contributed by atoms with Gasteiger partial charge in [-0.05, 0) is 37.8 Å². The second-order valence-corrected chi connectivity index (χ2v) is 5.29. The van der Waals surface area contributed by atoms with E-state index in [-0.39, 0.29) is 6.04 Å². The van der Waals surface area contributed by atoms with Crippen LogP contribution in [-0.4, -0.2) is 23.8 Å². The van der Waals surface area contributed by atoms with Gasteiger partial charge in [-0.1, -0.05) is 25.1 Å². The van der Waals surface area contributed by atoms with Crippen LogP contribution < -0.4 is 5.73 Å². The Labute approximate surface area is 121 Å². The summed E-state index contributed by atoms with van der Waals surface area (Å²) in [6, 6.07) is 8.85. The van der Waals surface area contributed by atoms with Crippen LogP contribution in [0.1, 0.15) is 32.3 Å². The fourth-order valence-corrected chi connectivity index (χ4v) is 2.58. The maximum absolute atomic E-state index is 6.12. The average Bonchev–Trinajstić information content (AvgIpc) is 2.82. The van der Waals surface area contributed by atoms with E-state index in [1.165, 1.54) is 16.5 Å². The zero-order valence-electron chi connectivity index (χ0n) is 12.6. The van der Waals surface area contributed by atoms with E-state index in [9.17, 15) is 0 Å². The Balaban J connectivity index is 2.17. The smallest absolute Gasteiger partial charge is 0.0483 e. The molecule has 1 heterocycles. The van der Waals surface area contributed by atoms with Crippen molar-refractivity contribution in [3.8, 4) is 0 Å². The SMILES string of the molecule is CCOCCCn1cc(CC(N)CC)c2ccccc21. The molecule has 0 aliphatic heterocycles. The summed E-state index contributed by atoms with van der Waals surface area (Å²) >= 11 is 0. The fourth-order valence-electron chi connectivity index (χ4n) is 2.58. The molecule has 2 aromatic rings. The van der Waals surface area contributed by atoms with Crippen LogP contribution in [0.5, 0.6) is 0 Å². The minimum absolute atomic E-state index is 0.248. The lowest BCUT2D eigenvalue weighted by atomic mass is 10.0. The van der Waals surface area contributed by atoms with Crippen molar-refractivity contribution < 1.29 is 4.74 Å². The molecule has 0 fully saturated rings. The average molecular weight is 274 g/mol. The molecule has 1 aromatic heterocycles. The summed E-state index contributed by atoms with van der Waals surface area (Å²) in [7, 11) is 0. The standard InChI is InChI=1S/C17H26N2O/c1-3-15(18)12-14-13-19(10-7-11-20-4-2)17-9-6-5-8-16(14)17/h5-6,8-9,13,15H,3-4,7,10-12,18H2,1-2H3. The van der Waals surface area contributed by atoms with E-state index >= 15 is 0 Å². The van der Waals surface area contributed by atoms with Gasteiger partial charge in [0, 0.05) is 42.9 Å². The first-order chi connectivity index (χ1) is 9.76. The molecule has 0 radical (unpaired) electrons. The van der Waals surface area contributed by atoms with Gasteiger partial charge in [0.15, 0.2) is 0 Å². The van der Waals surface area contributed by atoms with Crippen LogP contribution in [0.2, 0.25) is 0 Å². The van der Waals surface area contributed by atoms with E-state index in [1.807, 2.05) is 6.92 Å². The van der Waals surface area contributed by atoms with Gasteiger partial charge in [-0.3, -0.25) is 0 Å². The Hall–Kier alpha value is -1.32. The summed E-state index contributed by atoms with van der Waals surface area (Å²) in [4.78, 5) is 0. The molecule has 2 rings (SSSR count). The van der Waals surface area contributed by atoms with Crippen LogP contribution in [0.25, 0.3) is 10.9 Å². The van der Waals surface area contributed by atoms with Crippen molar-refractivity contribution in [3.05, 3.63) is 36.0 Å². The van der Waals surface area contributed by atoms with Crippen molar-refractivity contribution in [2.75, 3.05) is 13.2 Å². The quantitative estimate of drug-likeness (QED) is 0.750. The van der Waals surface area contributed by atoms with Gasteiger partial charge in [0.1, 0.15) is 0 Å². The van der Waals surface area contributed by atoms with Crippen LogP contribution in [0, 0.1) is 0 Å². The van der Waals surface area contributed by atoms with Gasteiger partial charge in [0.2, 0.25) is 0 Å². The minimum atomic E-state index is 0.248. The Kier molecular flexibility index (Phi) is 5.62. The summed E-state index contributed by atoms with van der Waals surface area (Å²) in [5.41, 5.74) is 8.79. The number of nitrogens with two attached hydrogens (primary N) is 1. The van der Waals surface area contributed by atoms with Crippen molar-refractivity contribution in [2.45, 2.75) is 45.7 Å². The first-order valence-corrected chi connectivity index (χ1v) is 7.66. The highest BCUT2D eigenvalue weighted by molar-refractivity contribution is 5.84. The molecule has 0 spiro atoms. The van der Waals surface area contributed by atoms with Gasteiger partial charge in [0.25, 0.3) is 0 Å². The Morgan fingerprint density at radius 3 is 2.80 bits per heavy atom. The highest BCUT2D eigenvalue weighted by atomic mass is 16.5. The van der Waals surface area contributed by atoms with E-state index in [2.05, 4.69) is 42.0 Å². The molecule has 20 heavy (non-hydrogen) atoms. The molecular formula is C17H26N2O. The fraction of sp³-hybridized carbons (Fsp3) is 0.529. The zero-order valence-corrected chi connectivity index (χ0v) is 12.6. The number of hydrogen-bond acceptors (Lipinski definition) is 2. The molecule has 0 aliphatic carbocycles. The molecule has 1 unspecified atom stereocenters. The van der Waals surface area contributed by atoms with Gasteiger partial charge in [-0.25, -0.2) is 0 Å². The Morgan fingerprint density at radius 2 is 2.05 bits per heavy atom. The largest absolute Gasteiger partial charge is 0.382 e. The van der Waals surface area contributed by atoms with Crippen LogP contribution in [0.4, 0.5) is 0 Å². The maximum Gasteiger partial charge on any atom is 0.0483 e. The number of fused-ring (bicyclic) bond motifs is 1. The van der Waals surface area contributed by atoms with Gasteiger partial charge in [-0.2, -0.15) is 0 Å². The van der Waals surface area contributed by atoms with Crippen molar-refractivity contribution in [3.63, 3.8) is 0 Å². The van der Waals surface area contributed by atoms with Crippen molar-refractivity contribution in [1.82, 2.24) is 4.57 Å². The topological polar surface area (TPSA) is 40.2 Å². The molecule has 0 saturated carbocycles. The highest BCUT2D eigenvalue weighted by Gasteiger charge is 2.10.